The van der Waals surface area contributed by atoms with Crippen LogP contribution in [0.1, 0.15) is 17.2 Å². The Balaban J connectivity index is 1.98. The molecule has 1 aliphatic heterocycles. The Morgan fingerprint density at radius 2 is 1.42 bits per heavy atom. The van der Waals surface area contributed by atoms with Gasteiger partial charge in [0.15, 0.2) is 0 Å². The quantitative estimate of drug-likeness (QED) is 0.204. The highest BCUT2D eigenvalue weighted by atomic mass is 16.6. The average Bonchev–Trinajstić information content (AvgIpc) is 3.09. The van der Waals surface area contributed by atoms with E-state index in [1.165, 1.54) is 42.5 Å². The fourth-order valence-electron chi connectivity index (χ4n) is 3.73. The zero-order valence-corrected chi connectivity index (χ0v) is 16.8. The third kappa shape index (κ3) is 3.81. The highest BCUT2D eigenvalue weighted by Gasteiger charge is 2.47. The number of non-ortho nitro benzene ring substituents is 2. The van der Waals surface area contributed by atoms with Gasteiger partial charge in [-0.2, -0.15) is 0 Å². The Kier molecular flexibility index (Phi) is 5.41. The monoisotopic (exact) mass is 445 g/mol. The zero-order valence-electron chi connectivity index (χ0n) is 16.8. The maximum atomic E-state index is 13.1. The van der Waals surface area contributed by atoms with Crippen LogP contribution in [-0.2, 0) is 9.59 Å². The summed E-state index contributed by atoms with van der Waals surface area (Å²) in [6.45, 7) is 0. The summed E-state index contributed by atoms with van der Waals surface area (Å²) in [4.78, 5) is 48.4. The molecule has 1 aliphatic rings. The first-order valence-electron chi connectivity index (χ1n) is 9.65. The van der Waals surface area contributed by atoms with Gasteiger partial charge in [0.1, 0.15) is 5.76 Å². The molecular weight excluding hydrogens is 430 g/mol. The van der Waals surface area contributed by atoms with E-state index in [4.69, 9.17) is 0 Å². The Morgan fingerprint density at radius 3 is 2.06 bits per heavy atom. The van der Waals surface area contributed by atoms with Crippen molar-refractivity contribution in [3.05, 3.63) is 116 Å². The number of aliphatic hydroxyl groups excluding tert-OH is 1. The van der Waals surface area contributed by atoms with Gasteiger partial charge in [0, 0.05) is 29.8 Å². The predicted octanol–water partition coefficient (Wildman–Crippen LogP) is 4.13. The van der Waals surface area contributed by atoms with Crippen molar-refractivity contribution in [1.82, 2.24) is 0 Å². The van der Waals surface area contributed by atoms with Crippen LogP contribution in [-0.4, -0.2) is 26.6 Å². The van der Waals surface area contributed by atoms with Crippen LogP contribution in [0.15, 0.2) is 84.4 Å². The molecule has 33 heavy (non-hydrogen) atoms. The van der Waals surface area contributed by atoms with E-state index in [1.807, 2.05) is 0 Å². The molecule has 0 unspecified atom stereocenters. The maximum Gasteiger partial charge on any atom is 0.300 e. The van der Waals surface area contributed by atoms with Crippen LogP contribution in [0.3, 0.4) is 0 Å². The van der Waals surface area contributed by atoms with E-state index in [9.17, 15) is 34.9 Å². The van der Waals surface area contributed by atoms with E-state index in [0.717, 1.165) is 11.0 Å². The SMILES string of the molecule is O=C1C(=O)N(c2cccc([N+](=O)[O-])c2)[C@@H](c2cccc([N+](=O)[O-])c2)/C1=C(\O)c1ccccc1. The van der Waals surface area contributed by atoms with E-state index >= 15 is 0 Å². The molecule has 164 valence electrons. The van der Waals surface area contributed by atoms with Crippen LogP contribution in [0.4, 0.5) is 17.1 Å². The second-order valence-electron chi connectivity index (χ2n) is 7.16. The van der Waals surface area contributed by atoms with Gasteiger partial charge < -0.3 is 5.11 Å². The zero-order chi connectivity index (χ0) is 23.7. The molecule has 0 bridgehead atoms. The molecule has 10 nitrogen and oxygen atoms in total. The van der Waals surface area contributed by atoms with Crippen LogP contribution in [0.2, 0.25) is 0 Å². The molecule has 4 rings (SSSR count). The van der Waals surface area contributed by atoms with E-state index < -0.39 is 33.3 Å². The normalized spacial score (nSPS) is 17.2. The smallest absolute Gasteiger partial charge is 0.300 e. The lowest BCUT2D eigenvalue weighted by atomic mass is 9.95. The summed E-state index contributed by atoms with van der Waals surface area (Å²) in [6, 6.07) is 17.2. The molecule has 0 aliphatic carbocycles. The van der Waals surface area contributed by atoms with Crippen LogP contribution >= 0.6 is 0 Å². The van der Waals surface area contributed by atoms with Gasteiger partial charge in [-0.05, 0) is 11.6 Å². The minimum atomic E-state index is -1.24. The second kappa shape index (κ2) is 8.35. The number of amides is 1. The topological polar surface area (TPSA) is 144 Å². The summed E-state index contributed by atoms with van der Waals surface area (Å²) < 4.78 is 0. The minimum absolute atomic E-state index is 0.0370. The Morgan fingerprint density at radius 1 is 0.818 bits per heavy atom. The molecule has 0 aromatic heterocycles. The average molecular weight is 445 g/mol. The lowest BCUT2D eigenvalue weighted by Gasteiger charge is -2.25. The van der Waals surface area contributed by atoms with Crippen molar-refractivity contribution < 1.29 is 24.5 Å². The third-order valence-corrected chi connectivity index (χ3v) is 5.21. The molecular formula is C23H15N3O7. The summed E-state index contributed by atoms with van der Waals surface area (Å²) in [5.41, 5.74) is -0.377. The number of aliphatic hydroxyl groups is 1. The number of benzene rings is 3. The molecule has 3 aromatic carbocycles. The number of nitro benzene ring substituents is 2. The molecule has 3 aromatic rings. The van der Waals surface area contributed by atoms with Gasteiger partial charge in [0.2, 0.25) is 0 Å². The van der Waals surface area contributed by atoms with Crippen LogP contribution in [0.25, 0.3) is 5.76 Å². The fraction of sp³-hybridized carbons (Fsp3) is 0.0435. The molecule has 1 N–H and O–H groups in total. The molecule has 0 radical (unpaired) electrons. The first-order chi connectivity index (χ1) is 15.8. The summed E-state index contributed by atoms with van der Waals surface area (Å²) in [5, 5.41) is 33.5. The van der Waals surface area contributed by atoms with Gasteiger partial charge in [-0.25, -0.2) is 0 Å². The number of carbonyl (C=O) groups is 2. The van der Waals surface area contributed by atoms with Crippen molar-refractivity contribution in [3.63, 3.8) is 0 Å². The first kappa shape index (κ1) is 21.4. The third-order valence-electron chi connectivity index (χ3n) is 5.21. The summed E-state index contributed by atoms with van der Waals surface area (Å²) >= 11 is 0. The highest BCUT2D eigenvalue weighted by molar-refractivity contribution is 6.51. The first-order valence-corrected chi connectivity index (χ1v) is 9.65. The fourth-order valence-corrected chi connectivity index (χ4v) is 3.73. The number of nitro groups is 2. The molecule has 1 heterocycles. The van der Waals surface area contributed by atoms with Crippen LogP contribution in [0.5, 0.6) is 0 Å². The van der Waals surface area contributed by atoms with Crippen molar-refractivity contribution in [1.29, 1.82) is 0 Å². The molecule has 1 saturated heterocycles. The number of rotatable bonds is 5. The van der Waals surface area contributed by atoms with Crippen molar-refractivity contribution in [2.45, 2.75) is 6.04 Å². The number of ketones is 1. The largest absolute Gasteiger partial charge is 0.507 e. The Labute approximate surface area is 186 Å². The molecule has 1 amide bonds. The van der Waals surface area contributed by atoms with Gasteiger partial charge in [-0.15, -0.1) is 0 Å². The lowest BCUT2D eigenvalue weighted by Crippen LogP contribution is -2.29. The molecule has 1 fully saturated rings. The van der Waals surface area contributed by atoms with Gasteiger partial charge in [0.05, 0.1) is 27.1 Å². The second-order valence-corrected chi connectivity index (χ2v) is 7.16. The van der Waals surface area contributed by atoms with Gasteiger partial charge >= 0.3 is 0 Å². The summed E-state index contributed by atoms with van der Waals surface area (Å²) in [6.07, 6.45) is 0. The number of hydrogen-bond donors (Lipinski definition) is 1. The van der Waals surface area contributed by atoms with E-state index in [2.05, 4.69) is 0 Å². The van der Waals surface area contributed by atoms with E-state index in [-0.39, 0.29) is 33.8 Å². The molecule has 0 spiro atoms. The van der Waals surface area contributed by atoms with Crippen molar-refractivity contribution >= 4 is 34.5 Å². The number of nitrogens with zero attached hydrogens (tertiary/aromatic N) is 3. The van der Waals surface area contributed by atoms with E-state index in [1.54, 1.807) is 30.3 Å². The maximum absolute atomic E-state index is 13.1. The minimum Gasteiger partial charge on any atom is -0.507 e. The molecule has 10 heteroatoms. The summed E-state index contributed by atoms with van der Waals surface area (Å²) in [7, 11) is 0. The van der Waals surface area contributed by atoms with Crippen LogP contribution < -0.4 is 4.90 Å². The van der Waals surface area contributed by atoms with Crippen molar-refractivity contribution in [2.24, 2.45) is 0 Å². The highest BCUT2D eigenvalue weighted by Crippen LogP contribution is 2.43. The van der Waals surface area contributed by atoms with Crippen molar-refractivity contribution in [2.75, 3.05) is 4.90 Å². The van der Waals surface area contributed by atoms with Gasteiger partial charge in [-0.3, -0.25) is 34.7 Å². The molecule has 0 saturated carbocycles. The number of Topliss-reactive ketones (excluding diaryl/α,β-unsaturated/α-hetero) is 1. The number of carbonyl (C=O) groups excluding carboxylic acids is 2. The Hall–Kier alpha value is -4.86. The van der Waals surface area contributed by atoms with Crippen molar-refractivity contribution in [3.8, 4) is 0 Å². The van der Waals surface area contributed by atoms with E-state index in [0.29, 0.717) is 0 Å². The lowest BCUT2D eigenvalue weighted by molar-refractivity contribution is -0.385. The van der Waals surface area contributed by atoms with Gasteiger partial charge in [0.25, 0.3) is 23.1 Å². The number of hydrogen-bond acceptors (Lipinski definition) is 7. The number of anilines is 1. The Bertz CT molecular complexity index is 1330. The van der Waals surface area contributed by atoms with Crippen LogP contribution in [0, 0.1) is 20.2 Å². The molecule has 1 atom stereocenters. The predicted molar refractivity (Wildman–Crippen MR) is 117 cm³/mol. The summed E-state index contributed by atoms with van der Waals surface area (Å²) in [5.74, 6) is -2.50. The van der Waals surface area contributed by atoms with Gasteiger partial charge in [-0.1, -0.05) is 48.5 Å². The standard InChI is InChI=1S/C23H15N3O7/c27-21(14-6-2-1-3-7-14)19-20(15-8-4-10-17(12-15)25(30)31)24(23(29)22(19)28)16-9-5-11-18(13-16)26(32)33/h1-13,20,27H/b21-19+/t20-/m0/s1.